The van der Waals surface area contributed by atoms with Crippen LogP contribution >= 0.6 is 11.8 Å². The van der Waals surface area contributed by atoms with Crippen LogP contribution < -0.4 is 4.72 Å². The molecule has 0 saturated heterocycles. The van der Waals surface area contributed by atoms with E-state index in [4.69, 9.17) is 4.74 Å². The second-order valence-electron chi connectivity index (χ2n) is 5.51. The van der Waals surface area contributed by atoms with Gasteiger partial charge in [-0.05, 0) is 44.2 Å². The van der Waals surface area contributed by atoms with Gasteiger partial charge in [-0.25, -0.2) is 0 Å². The average Bonchev–Trinajstić information content (AvgIpc) is 2.38. The molecule has 1 aromatic carbocycles. The van der Waals surface area contributed by atoms with E-state index in [1.54, 1.807) is 7.11 Å². The topological polar surface area (TPSA) is 44.3 Å². The van der Waals surface area contributed by atoms with Crippen molar-refractivity contribution >= 4 is 23.1 Å². The van der Waals surface area contributed by atoms with Gasteiger partial charge in [0, 0.05) is 23.4 Å². The number of ether oxygens (including phenoxy) is 1. The third-order valence-corrected chi connectivity index (χ3v) is 5.24. The minimum absolute atomic E-state index is 0.0549. The predicted octanol–water partition coefficient (Wildman–Crippen LogP) is 3.54. The van der Waals surface area contributed by atoms with Crippen molar-refractivity contribution in [3.8, 4) is 0 Å². The normalized spacial score (nSPS) is 15.1. The lowest BCUT2D eigenvalue weighted by atomic mass is 10.1. The van der Waals surface area contributed by atoms with Gasteiger partial charge in [0.15, 0.2) is 0 Å². The van der Waals surface area contributed by atoms with Crippen molar-refractivity contribution in [2.75, 3.05) is 19.5 Å². The Hall–Kier alpha value is -0.200. The van der Waals surface area contributed by atoms with Crippen LogP contribution in [0.3, 0.4) is 0 Å². The standard InChI is InChI=1S/C15H25NO2S2/c1-6-19-13-9-7-12(8-10-13)14(11-18-5)16-20(17)15(2,3)4/h7-10,14,16H,6,11H2,1-5H3/t14-,20-/m1/s1. The van der Waals surface area contributed by atoms with Gasteiger partial charge in [0.1, 0.15) is 10.8 Å². The van der Waals surface area contributed by atoms with E-state index in [0.29, 0.717) is 6.61 Å². The molecule has 5 heteroatoms. The second kappa shape index (κ2) is 8.29. The lowest BCUT2D eigenvalue weighted by Crippen LogP contribution is -2.42. The third-order valence-electron chi connectivity index (χ3n) is 2.73. The Morgan fingerprint density at radius 2 is 1.90 bits per heavy atom. The fourth-order valence-electron chi connectivity index (χ4n) is 1.63. The first-order valence-corrected chi connectivity index (χ1v) is 8.91. The molecule has 1 rings (SSSR count). The number of nitrogens with one attached hydrogen (secondary N) is 1. The zero-order valence-corrected chi connectivity index (χ0v) is 14.6. The Morgan fingerprint density at radius 1 is 1.30 bits per heavy atom. The highest BCUT2D eigenvalue weighted by Crippen LogP contribution is 2.23. The van der Waals surface area contributed by atoms with Crippen LogP contribution in [-0.2, 0) is 16.1 Å². The van der Waals surface area contributed by atoms with Crippen molar-refractivity contribution < 1.29 is 9.29 Å². The van der Waals surface area contributed by atoms with Gasteiger partial charge in [0.2, 0.25) is 0 Å². The summed E-state index contributed by atoms with van der Waals surface area (Å²) in [6, 6.07) is 8.31. The molecule has 0 spiro atoms. The van der Waals surface area contributed by atoms with Crippen LogP contribution in [0.4, 0.5) is 0 Å². The smallest absolute Gasteiger partial charge is 0.136 e. The first-order chi connectivity index (χ1) is 9.38. The Kier molecular flexibility index (Phi) is 7.40. The van der Waals surface area contributed by atoms with Gasteiger partial charge in [-0.1, -0.05) is 19.1 Å². The largest absolute Gasteiger partial charge is 0.598 e. The molecule has 0 aliphatic carbocycles. The Balaban J connectivity index is 2.79. The first kappa shape index (κ1) is 17.9. The van der Waals surface area contributed by atoms with Crippen LogP contribution in [0.5, 0.6) is 0 Å². The van der Waals surface area contributed by atoms with E-state index >= 15 is 0 Å². The summed E-state index contributed by atoms with van der Waals surface area (Å²) in [6.07, 6.45) is 0. The summed E-state index contributed by atoms with van der Waals surface area (Å²) < 4.78 is 20.4. The van der Waals surface area contributed by atoms with Crippen molar-refractivity contribution in [1.82, 2.24) is 4.72 Å². The monoisotopic (exact) mass is 315 g/mol. The molecule has 0 aliphatic rings. The van der Waals surface area contributed by atoms with E-state index < -0.39 is 11.4 Å². The molecule has 114 valence electrons. The van der Waals surface area contributed by atoms with Crippen LogP contribution in [0.25, 0.3) is 0 Å². The number of benzene rings is 1. The fourth-order valence-corrected chi connectivity index (χ4v) is 3.11. The van der Waals surface area contributed by atoms with Crippen LogP contribution in [0.1, 0.15) is 39.3 Å². The summed E-state index contributed by atoms with van der Waals surface area (Å²) in [7, 11) is 1.66. The molecule has 1 N–H and O–H groups in total. The molecule has 0 bridgehead atoms. The molecule has 0 unspecified atom stereocenters. The molecule has 2 atom stereocenters. The molecule has 0 aliphatic heterocycles. The molecular weight excluding hydrogens is 290 g/mol. The van der Waals surface area contributed by atoms with Crippen LogP contribution in [-0.4, -0.2) is 28.8 Å². The Morgan fingerprint density at radius 3 is 2.35 bits per heavy atom. The zero-order valence-electron chi connectivity index (χ0n) is 12.9. The van der Waals surface area contributed by atoms with E-state index in [1.165, 1.54) is 4.90 Å². The highest BCUT2D eigenvalue weighted by atomic mass is 32.2. The van der Waals surface area contributed by atoms with Gasteiger partial charge < -0.3 is 9.29 Å². The van der Waals surface area contributed by atoms with Crippen molar-refractivity contribution in [2.45, 2.75) is 43.4 Å². The summed E-state index contributed by atoms with van der Waals surface area (Å²) in [5.74, 6) is 1.06. The minimum atomic E-state index is -1.11. The summed E-state index contributed by atoms with van der Waals surface area (Å²) in [5.41, 5.74) is 1.10. The second-order valence-corrected chi connectivity index (χ2v) is 8.84. The molecule has 0 amide bonds. The molecule has 3 nitrogen and oxygen atoms in total. The predicted molar refractivity (Wildman–Crippen MR) is 88.5 cm³/mol. The molecule has 0 fully saturated rings. The first-order valence-electron chi connectivity index (χ1n) is 6.78. The summed E-state index contributed by atoms with van der Waals surface area (Å²) in [4.78, 5) is 1.25. The maximum absolute atomic E-state index is 12.2. The Bertz CT molecular complexity index is 390. The van der Waals surface area contributed by atoms with Crippen molar-refractivity contribution in [3.63, 3.8) is 0 Å². The van der Waals surface area contributed by atoms with Gasteiger partial charge in [0.25, 0.3) is 0 Å². The summed E-state index contributed by atoms with van der Waals surface area (Å²) in [5, 5.41) is 0. The maximum Gasteiger partial charge on any atom is 0.136 e. The minimum Gasteiger partial charge on any atom is -0.598 e. The molecular formula is C15H25NO2S2. The number of methoxy groups -OCH3 is 1. The van der Waals surface area contributed by atoms with Crippen molar-refractivity contribution in [2.24, 2.45) is 0 Å². The number of hydrogen-bond acceptors (Lipinski definition) is 4. The van der Waals surface area contributed by atoms with Gasteiger partial charge in [-0.2, -0.15) is 0 Å². The Labute approximate surface area is 130 Å². The third kappa shape index (κ3) is 5.66. The molecule has 0 heterocycles. The molecule has 0 radical (unpaired) electrons. The highest BCUT2D eigenvalue weighted by molar-refractivity contribution is 7.99. The average molecular weight is 316 g/mol. The van der Waals surface area contributed by atoms with Crippen LogP contribution in [0, 0.1) is 0 Å². The summed E-state index contributed by atoms with van der Waals surface area (Å²) in [6.45, 7) is 8.52. The van der Waals surface area contributed by atoms with Crippen LogP contribution in [0.15, 0.2) is 29.2 Å². The van der Waals surface area contributed by atoms with Crippen molar-refractivity contribution in [1.29, 1.82) is 0 Å². The molecule has 0 aromatic heterocycles. The lowest BCUT2D eigenvalue weighted by molar-refractivity contribution is 0.175. The number of rotatable bonds is 7. The van der Waals surface area contributed by atoms with E-state index in [0.717, 1.165) is 11.3 Å². The van der Waals surface area contributed by atoms with Crippen LogP contribution in [0.2, 0.25) is 0 Å². The number of hydrogen-bond donors (Lipinski definition) is 1. The zero-order chi connectivity index (χ0) is 15.2. The van der Waals surface area contributed by atoms with E-state index in [2.05, 4.69) is 35.9 Å². The fraction of sp³-hybridized carbons (Fsp3) is 0.600. The van der Waals surface area contributed by atoms with Gasteiger partial charge >= 0.3 is 0 Å². The van der Waals surface area contributed by atoms with Crippen molar-refractivity contribution in [3.05, 3.63) is 29.8 Å². The summed E-state index contributed by atoms with van der Waals surface area (Å²) >= 11 is 0.702. The highest BCUT2D eigenvalue weighted by Gasteiger charge is 2.29. The van der Waals surface area contributed by atoms with E-state index in [1.807, 2.05) is 32.5 Å². The maximum atomic E-state index is 12.2. The molecule has 20 heavy (non-hydrogen) atoms. The molecule has 1 aromatic rings. The van der Waals surface area contributed by atoms with Gasteiger partial charge in [-0.3, -0.25) is 0 Å². The van der Waals surface area contributed by atoms with E-state index in [9.17, 15) is 4.55 Å². The SMILES string of the molecule is CCSc1ccc([C@@H](COC)N[S@+]([O-])C(C)(C)C)cc1. The lowest BCUT2D eigenvalue weighted by Gasteiger charge is -2.28. The molecule has 0 saturated carbocycles. The number of thioether (sulfide) groups is 1. The quantitative estimate of drug-likeness (QED) is 0.617. The van der Waals surface area contributed by atoms with Gasteiger partial charge in [0.05, 0.1) is 6.61 Å². The van der Waals surface area contributed by atoms with Gasteiger partial charge in [-0.15, -0.1) is 16.5 Å². The van der Waals surface area contributed by atoms with E-state index in [-0.39, 0.29) is 10.8 Å².